The van der Waals surface area contributed by atoms with Crippen LogP contribution >= 0.6 is 0 Å². The maximum atomic E-state index is 2.71. The third-order valence-corrected chi connectivity index (χ3v) is 25.5. The fourth-order valence-corrected chi connectivity index (χ4v) is 21.0. The lowest BCUT2D eigenvalue weighted by Crippen LogP contribution is -2.61. The average Bonchev–Trinajstić information content (AvgIpc) is 1.60. The van der Waals surface area contributed by atoms with E-state index in [1.807, 2.05) is 0 Å². The van der Waals surface area contributed by atoms with Gasteiger partial charge < -0.3 is 9.80 Å². The first kappa shape index (κ1) is 63.5. The van der Waals surface area contributed by atoms with Crippen molar-refractivity contribution in [3.63, 3.8) is 0 Å². The largest absolute Gasteiger partial charge is 0.310 e. The molecule has 0 saturated carbocycles. The fourth-order valence-electron chi connectivity index (χ4n) is 21.0. The number of hydrogen-bond acceptors (Lipinski definition) is 2. The van der Waals surface area contributed by atoms with E-state index in [1.54, 1.807) is 0 Å². The Morgan fingerprint density at radius 3 is 0.802 bits per heavy atom. The van der Waals surface area contributed by atoms with Gasteiger partial charge in [-0.2, -0.15) is 0 Å². The Bertz CT molecular complexity index is 6160. The summed E-state index contributed by atoms with van der Waals surface area (Å²) in [4.78, 5) is 5.43. The molecule has 17 aromatic rings. The maximum absolute atomic E-state index is 2.71. The molecule has 0 amide bonds. The van der Waals surface area contributed by atoms with Crippen molar-refractivity contribution in [2.75, 3.05) is 9.80 Å². The summed E-state index contributed by atoms with van der Waals surface area (Å²) in [6.07, 6.45) is 0. The van der Waals surface area contributed by atoms with Gasteiger partial charge in [-0.15, -0.1) is 0 Å². The van der Waals surface area contributed by atoms with Gasteiger partial charge in [0.05, 0.1) is 22.2 Å². The fraction of sp³-hybridized carbons (Fsp3) is 0.0556. The smallest absolute Gasteiger partial charge is 0.252 e. The molecule has 2 spiro atoms. The molecule has 0 aromatic heterocycles. The minimum atomic E-state index is -0.521. The Labute approximate surface area is 649 Å². The Morgan fingerprint density at radius 2 is 0.477 bits per heavy atom. The first-order chi connectivity index (χ1) is 54.8. The molecule has 2 aliphatic heterocycles. The van der Waals surface area contributed by atoms with Crippen molar-refractivity contribution in [3.8, 4) is 111 Å². The number of para-hydroxylation sites is 2. The van der Waals surface area contributed by atoms with Crippen molar-refractivity contribution < 1.29 is 0 Å². The topological polar surface area (TPSA) is 6.48 Å². The van der Waals surface area contributed by atoms with Gasteiger partial charge in [0.15, 0.2) is 0 Å². The van der Waals surface area contributed by atoms with Crippen LogP contribution in [0.5, 0.6) is 0 Å². The van der Waals surface area contributed by atoms with Gasteiger partial charge in [-0.3, -0.25) is 0 Å². The van der Waals surface area contributed by atoms with Crippen LogP contribution in [0.2, 0.25) is 0 Å². The highest BCUT2D eigenvalue weighted by Gasteiger charge is 2.55. The molecule has 6 aliphatic rings. The lowest BCUT2D eigenvalue weighted by atomic mass is 9.33. The van der Waals surface area contributed by atoms with E-state index in [0.717, 1.165) is 78.6 Å². The normalized spacial score (nSPS) is 14.0. The molecule has 0 bridgehead atoms. The molecule has 2 nitrogen and oxygen atoms in total. The molecule has 518 valence electrons. The summed E-state index contributed by atoms with van der Waals surface area (Å²) in [6, 6.07) is 149. The van der Waals surface area contributed by atoms with Gasteiger partial charge in [0.25, 0.3) is 6.71 Å². The van der Waals surface area contributed by atoms with Crippen LogP contribution in [-0.2, 0) is 16.2 Å². The lowest BCUT2D eigenvalue weighted by molar-refractivity contribution is 0.590. The molecule has 0 unspecified atom stereocenters. The summed E-state index contributed by atoms with van der Waals surface area (Å²) in [5, 5.41) is 0. The van der Waals surface area contributed by atoms with Crippen LogP contribution in [0.15, 0.2) is 388 Å². The SMILES string of the molecule is CC(C)(C)c1cc2c3c(c1)N(c1c(-c4ccccc4)cccc1-c1ccccc1)c1ccc(-c4cccc5c4-c4ccccc4C54c5ccccc5-c5ccccc54)cc1B3c1cc(-c3cccc4c3-c3ccccc3C43c4ccccc4-c4ccccc43)ccc1N2c1c(-c2ccccc2)cccc1-c1ccccc1. The minimum Gasteiger partial charge on any atom is -0.310 e. The number of rotatable bonds is 8. The third-order valence-electron chi connectivity index (χ3n) is 25.5. The zero-order valence-corrected chi connectivity index (χ0v) is 61.9. The van der Waals surface area contributed by atoms with Gasteiger partial charge in [0.1, 0.15) is 0 Å². The van der Waals surface area contributed by atoms with E-state index in [1.165, 1.54) is 133 Å². The van der Waals surface area contributed by atoms with Gasteiger partial charge >= 0.3 is 0 Å². The van der Waals surface area contributed by atoms with Crippen LogP contribution < -0.4 is 26.2 Å². The molecule has 2 heterocycles. The van der Waals surface area contributed by atoms with Crippen LogP contribution in [0.4, 0.5) is 34.1 Å². The van der Waals surface area contributed by atoms with Gasteiger partial charge in [-0.1, -0.05) is 385 Å². The van der Waals surface area contributed by atoms with Gasteiger partial charge in [-0.25, -0.2) is 0 Å². The highest BCUT2D eigenvalue weighted by atomic mass is 15.2. The first-order valence-electron chi connectivity index (χ1n) is 39.2. The summed E-state index contributed by atoms with van der Waals surface area (Å²) >= 11 is 0. The quantitative estimate of drug-likeness (QED) is 0.140. The van der Waals surface area contributed by atoms with Crippen LogP contribution in [0.3, 0.4) is 0 Å². The van der Waals surface area contributed by atoms with E-state index in [2.05, 4.69) is 419 Å². The van der Waals surface area contributed by atoms with E-state index in [4.69, 9.17) is 0 Å². The number of hydrogen-bond donors (Lipinski definition) is 0. The number of nitrogens with zero attached hydrogens (tertiary/aromatic N) is 2. The zero-order chi connectivity index (χ0) is 73.4. The highest BCUT2D eigenvalue weighted by Crippen LogP contribution is 2.67. The van der Waals surface area contributed by atoms with Crippen molar-refractivity contribution in [2.24, 2.45) is 0 Å². The van der Waals surface area contributed by atoms with Gasteiger partial charge in [-0.05, 0) is 185 Å². The van der Waals surface area contributed by atoms with Crippen molar-refractivity contribution >= 4 is 57.2 Å². The monoisotopic (exact) mass is 1410 g/mol. The Morgan fingerprint density at radius 1 is 0.216 bits per heavy atom. The Hall–Kier alpha value is -13.6. The second-order valence-corrected chi connectivity index (χ2v) is 31.9. The molecule has 0 N–H and O–H groups in total. The predicted molar refractivity (Wildman–Crippen MR) is 464 cm³/mol. The predicted octanol–water partition coefficient (Wildman–Crippen LogP) is 25.8. The molecule has 111 heavy (non-hydrogen) atoms. The second kappa shape index (κ2) is 24.0. The Balaban J connectivity index is 0.859. The molecule has 3 heteroatoms. The summed E-state index contributed by atoms with van der Waals surface area (Å²) in [5.74, 6) is 0. The molecule has 0 saturated heterocycles. The number of anilines is 6. The van der Waals surface area contributed by atoms with Crippen LogP contribution in [-0.4, -0.2) is 6.71 Å². The van der Waals surface area contributed by atoms with E-state index < -0.39 is 10.8 Å². The van der Waals surface area contributed by atoms with E-state index in [9.17, 15) is 0 Å². The van der Waals surface area contributed by atoms with Crippen LogP contribution in [0.1, 0.15) is 70.8 Å². The summed E-state index contributed by atoms with van der Waals surface area (Å²) in [7, 11) is 0. The van der Waals surface area contributed by atoms with Gasteiger partial charge in [0, 0.05) is 45.0 Å². The molecular weight excluding hydrogens is 1340 g/mol. The third kappa shape index (κ3) is 8.80. The summed E-state index contributed by atoms with van der Waals surface area (Å²) in [6.45, 7) is 6.88. The molecular formula is C108H73BN2. The highest BCUT2D eigenvalue weighted by molar-refractivity contribution is 7.00. The van der Waals surface area contributed by atoms with Crippen LogP contribution in [0, 0.1) is 0 Å². The second-order valence-electron chi connectivity index (χ2n) is 31.9. The maximum Gasteiger partial charge on any atom is 0.252 e. The van der Waals surface area contributed by atoms with Crippen molar-refractivity contribution in [1.82, 2.24) is 0 Å². The average molecular weight is 1410 g/mol. The van der Waals surface area contributed by atoms with Crippen molar-refractivity contribution in [3.05, 3.63) is 438 Å². The van der Waals surface area contributed by atoms with Crippen LogP contribution in [0.25, 0.3) is 111 Å². The Kier molecular flexibility index (Phi) is 13.7. The minimum absolute atomic E-state index is 0.303. The summed E-state index contributed by atoms with van der Waals surface area (Å²) < 4.78 is 0. The molecule has 0 radical (unpaired) electrons. The lowest BCUT2D eigenvalue weighted by Gasteiger charge is -2.46. The first-order valence-corrected chi connectivity index (χ1v) is 39.2. The van der Waals surface area contributed by atoms with E-state index >= 15 is 0 Å². The standard InChI is InChI=1S/C108H73BN2/c1-106(2,3)74-66-99-103-100(67-74)111(105-79(70-36-12-6-13-37-70)50-29-51-80(105)71-38-14-7-15-39-71)98-63-61-73(76-47-31-59-94-102(76)86-45-21-27-57-92(86)108(94)89-54-24-18-42-83(89)84-43-19-25-55-90(84)108)65-96(98)109(103)95-64-72(60-62-97(95)110(99)104-77(68-32-8-4-9-33-68)48-28-49-78(104)69-34-10-5-11-35-69)75-46-30-58-93-101(75)85-44-20-26-56-91(85)107(93)87-52-22-16-40-81(87)82-41-17-23-53-88(82)107/h4-67H,1-3H3. The molecule has 0 atom stereocenters. The van der Waals surface area contributed by atoms with E-state index in [-0.39, 0.29) is 12.1 Å². The van der Waals surface area contributed by atoms with E-state index in [0.29, 0.717) is 0 Å². The van der Waals surface area contributed by atoms with Gasteiger partial charge in [0.2, 0.25) is 0 Å². The van der Waals surface area contributed by atoms with Crippen molar-refractivity contribution in [1.29, 1.82) is 0 Å². The summed E-state index contributed by atoms with van der Waals surface area (Å²) in [5.41, 5.74) is 45.5. The number of fused-ring (bicyclic) bond motifs is 24. The molecule has 0 fully saturated rings. The van der Waals surface area contributed by atoms with Crippen molar-refractivity contribution in [2.45, 2.75) is 37.0 Å². The molecule has 4 aliphatic carbocycles. The molecule has 23 rings (SSSR count). The number of benzene rings is 17. The zero-order valence-electron chi connectivity index (χ0n) is 61.9. The molecule has 17 aromatic carbocycles.